The highest BCUT2D eigenvalue weighted by Gasteiger charge is 2.30. The molecular weight excluding hydrogens is 390 g/mol. The van der Waals surface area contributed by atoms with E-state index in [9.17, 15) is 0 Å². The number of rotatable bonds is 4. The monoisotopic (exact) mass is 419 g/mol. The minimum atomic E-state index is -0.194. The summed E-state index contributed by atoms with van der Waals surface area (Å²) in [6, 6.07) is 17.4. The predicted molar refractivity (Wildman–Crippen MR) is 137 cm³/mol. The van der Waals surface area contributed by atoms with Gasteiger partial charge in [0, 0.05) is 34.3 Å². The molecule has 0 spiro atoms. The normalized spacial score (nSPS) is 19.3. The topological polar surface area (TPSA) is 22.8 Å². The summed E-state index contributed by atoms with van der Waals surface area (Å²) in [6.45, 7) is 10.5. The third-order valence-corrected chi connectivity index (χ3v) is 6.60. The lowest BCUT2D eigenvalue weighted by Crippen LogP contribution is -2.20. The average molecular weight is 420 g/mol. The van der Waals surface area contributed by atoms with Crippen molar-refractivity contribution in [3.8, 4) is 0 Å². The lowest BCUT2D eigenvalue weighted by Gasteiger charge is -2.24. The molecule has 4 aromatic rings. The third-order valence-electron chi connectivity index (χ3n) is 6.60. The molecule has 3 heteroatoms. The van der Waals surface area contributed by atoms with Crippen molar-refractivity contribution in [3.63, 3.8) is 0 Å². The van der Waals surface area contributed by atoms with Crippen molar-refractivity contribution in [2.45, 2.75) is 39.0 Å². The first-order chi connectivity index (χ1) is 15.5. The number of hydrogen-bond donors (Lipinski definition) is 0. The molecule has 0 N–H and O–H groups in total. The van der Waals surface area contributed by atoms with Crippen LogP contribution < -0.4 is 0 Å². The Hall–Kier alpha value is -3.59. The fourth-order valence-corrected chi connectivity index (χ4v) is 4.86. The van der Waals surface area contributed by atoms with Gasteiger partial charge < -0.3 is 9.13 Å². The van der Waals surface area contributed by atoms with Gasteiger partial charge in [0.25, 0.3) is 0 Å². The van der Waals surface area contributed by atoms with Crippen molar-refractivity contribution in [1.29, 1.82) is 0 Å². The van der Waals surface area contributed by atoms with Crippen molar-refractivity contribution in [2.24, 2.45) is 0 Å². The molecular formula is C29H29N3. The van der Waals surface area contributed by atoms with Crippen molar-refractivity contribution < 1.29 is 0 Å². The van der Waals surface area contributed by atoms with Gasteiger partial charge in [0.05, 0.1) is 16.7 Å². The Bertz CT molecular complexity index is 1370. The average Bonchev–Trinajstić information content (AvgIpc) is 3.32. The first-order valence-electron chi connectivity index (χ1n) is 11.3. The number of aromatic nitrogens is 3. The summed E-state index contributed by atoms with van der Waals surface area (Å²) in [7, 11) is 0. The zero-order chi connectivity index (χ0) is 22.3. The van der Waals surface area contributed by atoms with Crippen LogP contribution in [0.2, 0.25) is 0 Å². The molecule has 0 bridgehead atoms. The SMILES string of the molecule is C=Cn1cc(C2(C)C=C(n3c4ccccc4c4ccccc43)C=C(C)CC2)nc1/C=C\C. The summed E-state index contributed by atoms with van der Waals surface area (Å²) in [4.78, 5) is 5.00. The number of fused-ring (bicyclic) bond motifs is 3. The van der Waals surface area contributed by atoms with Crippen molar-refractivity contribution >= 4 is 39.8 Å². The number of nitrogens with zero attached hydrogens (tertiary/aromatic N) is 3. The van der Waals surface area contributed by atoms with Crippen LogP contribution in [0.3, 0.4) is 0 Å². The highest BCUT2D eigenvalue weighted by molar-refractivity contribution is 6.10. The van der Waals surface area contributed by atoms with Gasteiger partial charge >= 0.3 is 0 Å². The Balaban J connectivity index is 1.76. The maximum Gasteiger partial charge on any atom is 0.136 e. The van der Waals surface area contributed by atoms with Crippen LogP contribution in [0.1, 0.15) is 45.1 Å². The van der Waals surface area contributed by atoms with Crippen molar-refractivity contribution in [3.05, 3.63) is 96.6 Å². The Morgan fingerprint density at radius 3 is 2.31 bits per heavy atom. The van der Waals surface area contributed by atoms with Crippen LogP contribution in [0.15, 0.2) is 85.1 Å². The highest BCUT2D eigenvalue weighted by Crippen LogP contribution is 2.39. The van der Waals surface area contributed by atoms with Gasteiger partial charge in [-0.15, -0.1) is 0 Å². The lowest BCUT2D eigenvalue weighted by molar-refractivity contribution is 0.528. The third kappa shape index (κ3) is 3.25. The molecule has 3 nitrogen and oxygen atoms in total. The Morgan fingerprint density at radius 1 is 1.03 bits per heavy atom. The van der Waals surface area contributed by atoms with Gasteiger partial charge in [-0.05, 0) is 57.0 Å². The smallest absolute Gasteiger partial charge is 0.136 e. The van der Waals surface area contributed by atoms with E-state index in [0.29, 0.717) is 0 Å². The lowest BCUT2D eigenvalue weighted by atomic mass is 9.82. The molecule has 2 aromatic heterocycles. The maximum atomic E-state index is 5.00. The predicted octanol–water partition coefficient (Wildman–Crippen LogP) is 7.66. The second-order valence-electron chi connectivity index (χ2n) is 8.92. The molecule has 0 saturated carbocycles. The molecule has 2 aromatic carbocycles. The molecule has 32 heavy (non-hydrogen) atoms. The van der Waals surface area contributed by atoms with Gasteiger partial charge in [-0.25, -0.2) is 4.98 Å². The second-order valence-corrected chi connectivity index (χ2v) is 8.92. The van der Waals surface area contributed by atoms with Gasteiger partial charge in [0.1, 0.15) is 5.82 Å². The largest absolute Gasteiger partial charge is 0.310 e. The molecule has 0 radical (unpaired) electrons. The van der Waals surface area contributed by atoms with Crippen molar-refractivity contribution in [1.82, 2.24) is 14.1 Å². The van der Waals surface area contributed by atoms with Crippen molar-refractivity contribution in [2.75, 3.05) is 0 Å². The Labute approximate surface area is 189 Å². The molecule has 5 rings (SSSR count). The van der Waals surface area contributed by atoms with Gasteiger partial charge in [-0.1, -0.05) is 61.5 Å². The summed E-state index contributed by atoms with van der Waals surface area (Å²) in [5, 5.41) is 2.57. The molecule has 0 amide bonds. The van der Waals surface area contributed by atoms with E-state index in [1.807, 2.05) is 29.8 Å². The Kier molecular flexibility index (Phi) is 4.97. The molecule has 160 valence electrons. The summed E-state index contributed by atoms with van der Waals surface area (Å²) in [5.74, 6) is 0.916. The van der Waals surface area contributed by atoms with E-state index in [1.54, 1.807) is 0 Å². The standard InChI is InChI=1S/C29H29N3/c1-5-11-28-30-27(20-31(28)6-2)29(4)17-16-21(3)18-22(19-29)32-25-14-9-7-12-23(25)24-13-8-10-15-26(24)32/h5-15,18-20H,2,16-17H2,1,3-4H3/b11-5-. The second kappa shape index (κ2) is 7.83. The van der Waals surface area contributed by atoms with E-state index in [-0.39, 0.29) is 5.41 Å². The molecule has 1 atom stereocenters. The van der Waals surface area contributed by atoms with Crippen LogP contribution in [0.25, 0.3) is 39.8 Å². The minimum absolute atomic E-state index is 0.194. The molecule has 1 unspecified atom stereocenters. The van der Waals surface area contributed by atoms with Crippen LogP contribution in [-0.4, -0.2) is 14.1 Å². The van der Waals surface area contributed by atoms with Crippen LogP contribution in [0.4, 0.5) is 0 Å². The first-order valence-corrected chi connectivity index (χ1v) is 11.3. The fourth-order valence-electron chi connectivity index (χ4n) is 4.86. The summed E-state index contributed by atoms with van der Waals surface area (Å²) >= 11 is 0. The van der Waals surface area contributed by atoms with Gasteiger partial charge in [0.15, 0.2) is 0 Å². The maximum absolute atomic E-state index is 5.00. The van der Waals surface area contributed by atoms with Gasteiger partial charge in [0.2, 0.25) is 0 Å². The molecule has 0 aliphatic heterocycles. The number of para-hydroxylation sites is 2. The van der Waals surface area contributed by atoms with E-state index in [2.05, 4.69) is 91.9 Å². The summed E-state index contributed by atoms with van der Waals surface area (Å²) < 4.78 is 4.43. The first kappa shape index (κ1) is 20.3. The minimum Gasteiger partial charge on any atom is -0.310 e. The van der Waals surface area contributed by atoms with E-state index < -0.39 is 0 Å². The number of benzene rings is 2. The number of hydrogen-bond acceptors (Lipinski definition) is 1. The molecule has 1 aliphatic rings. The van der Waals surface area contributed by atoms with Gasteiger partial charge in [-0.3, -0.25) is 0 Å². The quantitative estimate of drug-likeness (QED) is 0.333. The summed E-state index contributed by atoms with van der Waals surface area (Å²) in [6.07, 6.45) is 14.8. The van der Waals surface area contributed by atoms with Crippen LogP contribution >= 0.6 is 0 Å². The highest BCUT2D eigenvalue weighted by atomic mass is 15.1. The van der Waals surface area contributed by atoms with Gasteiger partial charge in [-0.2, -0.15) is 0 Å². The van der Waals surface area contributed by atoms with Crippen LogP contribution in [0, 0.1) is 0 Å². The zero-order valence-corrected chi connectivity index (χ0v) is 19.0. The number of allylic oxidation sites excluding steroid dienone is 5. The van der Waals surface area contributed by atoms with E-state index in [0.717, 1.165) is 24.4 Å². The zero-order valence-electron chi connectivity index (χ0n) is 19.0. The molecule has 2 heterocycles. The molecule has 0 fully saturated rings. The van der Waals surface area contributed by atoms with Crippen LogP contribution in [0.5, 0.6) is 0 Å². The molecule has 1 aliphatic carbocycles. The van der Waals surface area contributed by atoms with Crippen LogP contribution in [-0.2, 0) is 5.41 Å². The van der Waals surface area contributed by atoms with E-state index >= 15 is 0 Å². The van der Waals surface area contributed by atoms with E-state index in [1.165, 1.54) is 33.1 Å². The molecule has 0 saturated heterocycles. The fraction of sp³-hybridized carbons (Fsp3) is 0.207. The van der Waals surface area contributed by atoms with E-state index in [4.69, 9.17) is 4.98 Å². The number of imidazole rings is 1. The summed E-state index contributed by atoms with van der Waals surface area (Å²) in [5.41, 5.74) is 5.95. The Morgan fingerprint density at radius 2 is 1.69 bits per heavy atom.